The van der Waals surface area contributed by atoms with Crippen LogP contribution in [0.4, 0.5) is 0 Å². The molecule has 24 heavy (non-hydrogen) atoms. The van der Waals surface area contributed by atoms with Crippen LogP contribution in [0.1, 0.15) is 12.5 Å². The van der Waals surface area contributed by atoms with Crippen LogP contribution < -0.4 is 5.56 Å². The molecule has 1 aromatic carbocycles. The molecule has 1 aliphatic rings. The van der Waals surface area contributed by atoms with E-state index in [0.29, 0.717) is 24.1 Å². The highest BCUT2D eigenvalue weighted by molar-refractivity contribution is 6.01. The molecule has 1 fully saturated rings. The maximum absolute atomic E-state index is 12.7. The normalized spacial score (nSPS) is 17.9. The van der Waals surface area contributed by atoms with Crippen LogP contribution in [0.5, 0.6) is 0 Å². The smallest absolute Gasteiger partial charge is 0.323 e. The largest absolute Gasteiger partial charge is 0.480 e. The van der Waals surface area contributed by atoms with Gasteiger partial charge in [0.05, 0.1) is 6.33 Å². The van der Waals surface area contributed by atoms with Crippen molar-refractivity contribution in [2.24, 2.45) is 0 Å². The zero-order chi connectivity index (χ0) is 16.8. The van der Waals surface area contributed by atoms with Crippen LogP contribution >= 0.6 is 0 Å². The van der Waals surface area contributed by atoms with Gasteiger partial charge in [-0.2, -0.15) is 0 Å². The highest BCUT2D eigenvalue weighted by Gasteiger charge is 2.35. The molecule has 1 aliphatic heterocycles. The molecule has 8 heteroatoms. The van der Waals surface area contributed by atoms with Gasteiger partial charge >= 0.3 is 5.97 Å². The van der Waals surface area contributed by atoms with Crippen molar-refractivity contribution in [3.8, 4) is 0 Å². The number of benzene rings is 1. The Hall–Kier alpha value is -3.16. The van der Waals surface area contributed by atoms with Gasteiger partial charge in [-0.25, -0.2) is 4.98 Å². The van der Waals surface area contributed by atoms with E-state index in [-0.39, 0.29) is 12.1 Å². The van der Waals surface area contributed by atoms with E-state index in [1.807, 2.05) is 12.1 Å². The fraction of sp³-hybridized carbons (Fsp3) is 0.250. The van der Waals surface area contributed by atoms with Gasteiger partial charge in [-0.1, -0.05) is 12.1 Å². The summed E-state index contributed by atoms with van der Waals surface area (Å²) >= 11 is 0. The fourth-order valence-corrected chi connectivity index (χ4v) is 3.12. The Morgan fingerprint density at radius 3 is 2.92 bits per heavy atom. The van der Waals surface area contributed by atoms with Crippen LogP contribution in [0.15, 0.2) is 39.8 Å². The first-order valence-electron chi connectivity index (χ1n) is 7.45. The van der Waals surface area contributed by atoms with Crippen molar-refractivity contribution in [3.05, 3.63) is 40.9 Å². The van der Waals surface area contributed by atoms with Crippen molar-refractivity contribution < 1.29 is 19.1 Å². The first kappa shape index (κ1) is 14.4. The molecule has 1 amide bonds. The second-order valence-electron chi connectivity index (χ2n) is 5.69. The summed E-state index contributed by atoms with van der Waals surface area (Å²) in [6.45, 7) is -0.0786. The molecule has 0 aliphatic carbocycles. The third-order valence-electron chi connectivity index (χ3n) is 4.24. The highest BCUT2D eigenvalue weighted by atomic mass is 16.4. The molecule has 4 rings (SSSR count). The van der Waals surface area contributed by atoms with Crippen LogP contribution in [-0.2, 0) is 9.59 Å². The highest BCUT2D eigenvalue weighted by Crippen LogP contribution is 2.26. The van der Waals surface area contributed by atoms with Gasteiger partial charge in [-0.05, 0) is 18.6 Å². The molecule has 1 saturated heterocycles. The summed E-state index contributed by atoms with van der Waals surface area (Å²) in [6.07, 6.45) is 1.69. The van der Waals surface area contributed by atoms with E-state index in [9.17, 15) is 14.4 Å². The minimum absolute atomic E-state index is 0.100. The minimum atomic E-state index is -1.08. The molecule has 2 aromatic heterocycles. The number of rotatable bonds is 3. The lowest BCUT2D eigenvalue weighted by atomic mass is 10.2. The molecule has 1 N–H and O–H groups in total. The van der Waals surface area contributed by atoms with Gasteiger partial charge in [0.15, 0.2) is 0 Å². The second kappa shape index (κ2) is 5.19. The molecule has 1 unspecified atom stereocenters. The topological polar surface area (TPSA) is 106 Å². The Labute approximate surface area is 134 Å². The maximum atomic E-state index is 12.7. The lowest BCUT2D eigenvalue weighted by molar-refractivity contribution is -0.143. The number of aliphatic carboxylic acids is 1. The minimum Gasteiger partial charge on any atom is -0.480 e. The number of para-hydroxylation sites is 1. The lowest BCUT2D eigenvalue weighted by Crippen LogP contribution is -2.35. The number of carbonyl (C=O) groups excluding carboxylic acids is 1. The van der Waals surface area contributed by atoms with E-state index < -0.39 is 23.5 Å². The SMILES string of the molecule is O=C(O)CN1CCC(n2cnc3c(oc4ccccc43)c2=O)C1=O. The Morgan fingerprint density at radius 1 is 1.33 bits per heavy atom. The van der Waals surface area contributed by atoms with Crippen LogP contribution in [0, 0.1) is 0 Å². The van der Waals surface area contributed by atoms with Gasteiger partial charge < -0.3 is 14.4 Å². The average molecular weight is 327 g/mol. The first-order valence-corrected chi connectivity index (χ1v) is 7.45. The number of carboxylic acids is 1. The van der Waals surface area contributed by atoms with Gasteiger partial charge in [-0.3, -0.25) is 19.0 Å². The molecule has 0 radical (unpaired) electrons. The van der Waals surface area contributed by atoms with E-state index in [2.05, 4.69) is 4.98 Å². The summed E-state index contributed by atoms with van der Waals surface area (Å²) in [5.41, 5.74) is 0.676. The number of aromatic nitrogens is 2. The summed E-state index contributed by atoms with van der Waals surface area (Å²) in [6, 6.07) is 6.44. The summed E-state index contributed by atoms with van der Waals surface area (Å²) < 4.78 is 6.83. The van der Waals surface area contributed by atoms with Crippen molar-refractivity contribution in [2.75, 3.05) is 13.1 Å². The fourth-order valence-electron chi connectivity index (χ4n) is 3.12. The summed E-state index contributed by atoms with van der Waals surface area (Å²) in [5.74, 6) is -1.47. The number of amides is 1. The van der Waals surface area contributed by atoms with Gasteiger partial charge in [0.25, 0.3) is 5.56 Å². The van der Waals surface area contributed by atoms with Gasteiger partial charge in [-0.15, -0.1) is 0 Å². The van der Waals surface area contributed by atoms with E-state index in [0.717, 1.165) is 5.39 Å². The van der Waals surface area contributed by atoms with Gasteiger partial charge in [0.1, 0.15) is 23.7 Å². The molecule has 3 aromatic rings. The Bertz CT molecular complexity index is 1040. The molecule has 0 bridgehead atoms. The van der Waals surface area contributed by atoms with Crippen LogP contribution in [0.2, 0.25) is 0 Å². The Morgan fingerprint density at radius 2 is 2.12 bits per heavy atom. The van der Waals surface area contributed by atoms with E-state index in [1.165, 1.54) is 15.8 Å². The second-order valence-corrected chi connectivity index (χ2v) is 5.69. The van der Waals surface area contributed by atoms with Crippen molar-refractivity contribution in [1.82, 2.24) is 14.5 Å². The zero-order valence-electron chi connectivity index (χ0n) is 12.5. The third kappa shape index (κ3) is 2.07. The number of furan rings is 1. The Kier molecular flexibility index (Phi) is 3.12. The van der Waals surface area contributed by atoms with Crippen LogP contribution in [0.3, 0.4) is 0 Å². The molecule has 3 heterocycles. The molecule has 0 saturated carbocycles. The van der Waals surface area contributed by atoms with Crippen LogP contribution in [-0.4, -0.2) is 44.5 Å². The number of hydrogen-bond donors (Lipinski definition) is 1. The number of hydrogen-bond acceptors (Lipinski definition) is 5. The molecular formula is C16H13N3O5. The number of fused-ring (bicyclic) bond motifs is 3. The van der Waals surface area contributed by atoms with Crippen molar-refractivity contribution >= 4 is 33.9 Å². The number of likely N-dealkylation sites (tertiary alicyclic amines) is 1. The van der Waals surface area contributed by atoms with Gasteiger partial charge in [0.2, 0.25) is 11.5 Å². The first-order chi connectivity index (χ1) is 11.6. The summed E-state index contributed by atoms with van der Waals surface area (Å²) in [5, 5.41) is 9.57. The zero-order valence-corrected chi connectivity index (χ0v) is 12.5. The van der Waals surface area contributed by atoms with Gasteiger partial charge in [0, 0.05) is 11.9 Å². The number of carboxylic acid groups (broad SMARTS) is 1. The van der Waals surface area contributed by atoms with Crippen molar-refractivity contribution in [3.63, 3.8) is 0 Å². The predicted molar refractivity (Wildman–Crippen MR) is 83.6 cm³/mol. The van der Waals surface area contributed by atoms with Crippen molar-refractivity contribution in [2.45, 2.75) is 12.5 Å². The summed E-state index contributed by atoms with van der Waals surface area (Å²) in [4.78, 5) is 41.3. The molecule has 122 valence electrons. The standard InChI is InChI=1S/C16H13N3O5/c20-12(21)7-18-6-5-10(15(18)22)19-8-17-13-9-3-1-2-4-11(9)24-14(13)16(19)23/h1-4,8,10H,5-7H2,(H,20,21). The van der Waals surface area contributed by atoms with E-state index in [4.69, 9.17) is 9.52 Å². The third-order valence-corrected chi connectivity index (χ3v) is 4.24. The van der Waals surface area contributed by atoms with E-state index in [1.54, 1.807) is 12.1 Å². The molecule has 0 spiro atoms. The molecular weight excluding hydrogens is 314 g/mol. The van der Waals surface area contributed by atoms with Crippen LogP contribution in [0.25, 0.3) is 22.1 Å². The Balaban J connectivity index is 1.79. The van der Waals surface area contributed by atoms with Crippen molar-refractivity contribution in [1.29, 1.82) is 0 Å². The quantitative estimate of drug-likeness (QED) is 0.769. The average Bonchev–Trinajstić information content (AvgIpc) is 3.10. The lowest BCUT2D eigenvalue weighted by Gasteiger charge is -2.14. The number of nitrogens with zero attached hydrogens (tertiary/aromatic N) is 3. The number of carbonyl (C=O) groups is 2. The summed E-state index contributed by atoms with van der Waals surface area (Å²) in [7, 11) is 0. The molecule has 8 nitrogen and oxygen atoms in total. The predicted octanol–water partition coefficient (Wildman–Crippen LogP) is 1.00. The maximum Gasteiger partial charge on any atom is 0.323 e. The van der Waals surface area contributed by atoms with E-state index >= 15 is 0 Å². The molecule has 1 atom stereocenters. The monoisotopic (exact) mass is 327 g/mol.